The van der Waals surface area contributed by atoms with Crippen LogP contribution in [0.2, 0.25) is 0 Å². The van der Waals surface area contributed by atoms with Crippen molar-refractivity contribution in [1.29, 1.82) is 0 Å². The summed E-state index contributed by atoms with van der Waals surface area (Å²) in [5.74, 6) is -7.01. The molecule has 0 spiro atoms. The van der Waals surface area contributed by atoms with E-state index in [0.29, 0.717) is 12.5 Å². The number of nitrogens with zero attached hydrogens (tertiary/aromatic N) is 2. The fourth-order valence-corrected chi connectivity index (χ4v) is 3.41. The van der Waals surface area contributed by atoms with E-state index in [1.54, 1.807) is 19.1 Å². The summed E-state index contributed by atoms with van der Waals surface area (Å²) in [6, 6.07) is 7.84. The first-order valence-electron chi connectivity index (χ1n) is 10.5. The summed E-state index contributed by atoms with van der Waals surface area (Å²) < 4.78 is 79.7. The zero-order valence-corrected chi connectivity index (χ0v) is 19.6. The molecule has 0 fully saturated rings. The van der Waals surface area contributed by atoms with E-state index in [-0.39, 0.29) is 11.3 Å². The van der Waals surface area contributed by atoms with Gasteiger partial charge in [-0.05, 0) is 42.8 Å². The number of esters is 1. The van der Waals surface area contributed by atoms with Crippen LogP contribution in [0.25, 0.3) is 0 Å². The van der Waals surface area contributed by atoms with E-state index in [9.17, 15) is 31.5 Å². The third-order valence-corrected chi connectivity index (χ3v) is 5.26. The number of amides is 1. The van der Waals surface area contributed by atoms with Crippen LogP contribution < -0.4 is 10.1 Å². The Hall–Kier alpha value is -3.96. The molecule has 3 aromatic rings. The maximum atomic E-state index is 13.9. The zero-order chi connectivity index (χ0) is 26.8. The summed E-state index contributed by atoms with van der Waals surface area (Å²) in [6.07, 6.45) is -3.16. The van der Waals surface area contributed by atoms with Gasteiger partial charge in [0.2, 0.25) is 5.88 Å². The van der Waals surface area contributed by atoms with E-state index >= 15 is 0 Å². The Morgan fingerprint density at radius 3 is 2.31 bits per heavy atom. The molecular weight excluding hydrogens is 489 g/mol. The Kier molecular flexibility index (Phi) is 7.65. The molecule has 12 heteroatoms. The van der Waals surface area contributed by atoms with Gasteiger partial charge in [-0.25, -0.2) is 31.4 Å². The first kappa shape index (κ1) is 26.6. The Labute approximate surface area is 202 Å². The lowest BCUT2D eigenvalue weighted by atomic mass is 10.1. The fourth-order valence-electron chi connectivity index (χ4n) is 3.41. The van der Waals surface area contributed by atoms with Gasteiger partial charge in [0.1, 0.15) is 22.8 Å². The van der Waals surface area contributed by atoms with Crippen molar-refractivity contribution >= 4 is 11.9 Å². The number of methoxy groups -OCH3 is 1. The molecule has 0 saturated carbocycles. The number of hydrogen-bond donors (Lipinski definition) is 1. The van der Waals surface area contributed by atoms with Crippen molar-refractivity contribution in [3.8, 4) is 11.6 Å². The highest BCUT2D eigenvalue weighted by Gasteiger charge is 2.32. The van der Waals surface area contributed by atoms with Crippen LogP contribution >= 0.6 is 0 Å². The Morgan fingerprint density at radius 1 is 1.11 bits per heavy atom. The van der Waals surface area contributed by atoms with E-state index in [1.165, 1.54) is 26.3 Å². The summed E-state index contributed by atoms with van der Waals surface area (Å²) in [7, 11) is 2.46. The van der Waals surface area contributed by atoms with E-state index < -0.39 is 58.8 Å². The molecular formula is C24H22F5N3O4. The Balaban J connectivity index is 1.93. The van der Waals surface area contributed by atoms with Crippen molar-refractivity contribution in [1.82, 2.24) is 15.1 Å². The Morgan fingerprint density at radius 2 is 1.75 bits per heavy atom. The predicted molar refractivity (Wildman–Crippen MR) is 118 cm³/mol. The second-order valence-corrected chi connectivity index (χ2v) is 7.93. The quantitative estimate of drug-likeness (QED) is 0.311. The summed E-state index contributed by atoms with van der Waals surface area (Å²) in [5.41, 5.74) is -1.64. The zero-order valence-electron chi connectivity index (χ0n) is 19.6. The number of ether oxygens (including phenoxy) is 2. The normalized spacial score (nSPS) is 12.4. The van der Waals surface area contributed by atoms with E-state index in [2.05, 4.69) is 15.2 Å². The van der Waals surface area contributed by atoms with Crippen molar-refractivity contribution in [2.45, 2.75) is 32.2 Å². The lowest BCUT2D eigenvalue weighted by Crippen LogP contribution is -2.27. The van der Waals surface area contributed by atoms with E-state index in [4.69, 9.17) is 4.74 Å². The van der Waals surface area contributed by atoms with Gasteiger partial charge in [0.05, 0.1) is 24.3 Å². The molecule has 36 heavy (non-hydrogen) atoms. The molecule has 0 aliphatic carbocycles. The standard InChI is InChI=1S/C24H22F5N3O4/c1-12(13-5-7-14(8-6-13)23(34)35-4)30-21(33)18-19(20(26)27)31-32(3)22(18)36-15-9-10-17(25)16(11-15)24(2,28)29/h5-12,20H,1-4H3,(H,30,33). The summed E-state index contributed by atoms with van der Waals surface area (Å²) in [4.78, 5) is 24.6. The van der Waals surface area contributed by atoms with Gasteiger partial charge in [0, 0.05) is 14.0 Å². The number of benzene rings is 2. The summed E-state index contributed by atoms with van der Waals surface area (Å²) in [5, 5.41) is 6.20. The number of nitrogens with one attached hydrogen (secondary N) is 1. The molecule has 0 aliphatic heterocycles. The third kappa shape index (κ3) is 5.64. The molecule has 2 aromatic carbocycles. The van der Waals surface area contributed by atoms with Gasteiger partial charge in [0.15, 0.2) is 0 Å². The first-order valence-corrected chi connectivity index (χ1v) is 10.5. The summed E-state index contributed by atoms with van der Waals surface area (Å²) >= 11 is 0. The molecule has 7 nitrogen and oxygen atoms in total. The average Bonchev–Trinajstić information content (AvgIpc) is 3.15. The molecule has 1 atom stereocenters. The van der Waals surface area contributed by atoms with Crippen molar-refractivity contribution in [3.05, 3.63) is 76.2 Å². The van der Waals surface area contributed by atoms with Crippen LogP contribution in [0, 0.1) is 5.82 Å². The number of aromatic nitrogens is 2. The second-order valence-electron chi connectivity index (χ2n) is 7.93. The third-order valence-electron chi connectivity index (χ3n) is 5.26. The average molecular weight is 511 g/mol. The van der Waals surface area contributed by atoms with E-state index in [0.717, 1.165) is 22.9 Å². The summed E-state index contributed by atoms with van der Waals surface area (Å²) in [6.45, 7) is 2.08. The highest BCUT2D eigenvalue weighted by Crippen LogP contribution is 2.36. The number of alkyl halides is 4. The van der Waals surface area contributed by atoms with Crippen LogP contribution in [0.1, 0.15) is 63.9 Å². The van der Waals surface area contributed by atoms with Crippen molar-refractivity contribution in [2.75, 3.05) is 7.11 Å². The first-order chi connectivity index (χ1) is 16.8. The lowest BCUT2D eigenvalue weighted by Gasteiger charge is -2.16. The molecule has 1 heterocycles. The molecule has 1 N–H and O–H groups in total. The highest BCUT2D eigenvalue weighted by atomic mass is 19.3. The number of aryl methyl sites for hydroxylation is 1. The molecule has 1 aromatic heterocycles. The van der Waals surface area contributed by atoms with Crippen LogP contribution in [0.5, 0.6) is 11.6 Å². The molecule has 0 saturated heterocycles. The van der Waals surface area contributed by atoms with Gasteiger partial charge in [-0.3, -0.25) is 4.79 Å². The maximum absolute atomic E-state index is 13.9. The molecule has 1 amide bonds. The number of carbonyl (C=O) groups excluding carboxylic acids is 2. The smallest absolute Gasteiger partial charge is 0.337 e. The number of rotatable bonds is 8. The minimum atomic E-state index is -3.54. The van der Waals surface area contributed by atoms with Gasteiger partial charge in [-0.2, -0.15) is 5.10 Å². The minimum absolute atomic E-state index is 0.277. The lowest BCUT2D eigenvalue weighted by molar-refractivity contribution is 0.0135. The monoisotopic (exact) mass is 511 g/mol. The molecule has 192 valence electrons. The molecule has 3 rings (SSSR count). The van der Waals surface area contributed by atoms with Gasteiger partial charge in [-0.1, -0.05) is 12.1 Å². The predicted octanol–water partition coefficient (Wildman–Crippen LogP) is 5.68. The van der Waals surface area contributed by atoms with Crippen molar-refractivity contribution in [2.24, 2.45) is 7.05 Å². The molecule has 0 radical (unpaired) electrons. The van der Waals surface area contributed by atoms with Crippen molar-refractivity contribution in [3.63, 3.8) is 0 Å². The minimum Gasteiger partial charge on any atom is -0.465 e. The van der Waals surface area contributed by atoms with Crippen molar-refractivity contribution < 1.29 is 41.0 Å². The highest BCUT2D eigenvalue weighted by molar-refractivity contribution is 5.98. The van der Waals surface area contributed by atoms with Crippen LogP contribution in [0.15, 0.2) is 42.5 Å². The topological polar surface area (TPSA) is 82.5 Å². The van der Waals surface area contributed by atoms with Gasteiger partial charge < -0.3 is 14.8 Å². The van der Waals surface area contributed by atoms with Crippen LogP contribution in [0.4, 0.5) is 22.0 Å². The van der Waals surface area contributed by atoms with Gasteiger partial charge in [0.25, 0.3) is 18.3 Å². The maximum Gasteiger partial charge on any atom is 0.337 e. The fraction of sp³-hybridized carbons (Fsp3) is 0.292. The Bertz CT molecular complexity index is 1270. The molecule has 0 aliphatic rings. The van der Waals surface area contributed by atoms with E-state index in [1.807, 2.05) is 0 Å². The number of hydrogen-bond acceptors (Lipinski definition) is 5. The number of carbonyl (C=O) groups is 2. The second kappa shape index (κ2) is 10.3. The van der Waals surface area contributed by atoms with Gasteiger partial charge in [-0.15, -0.1) is 0 Å². The van der Waals surface area contributed by atoms with Gasteiger partial charge >= 0.3 is 5.97 Å². The SMILES string of the molecule is COC(=O)c1ccc(C(C)NC(=O)c2c(C(F)F)nn(C)c2Oc2ccc(F)c(C(C)(F)F)c2)cc1. The molecule has 1 unspecified atom stereocenters. The largest absolute Gasteiger partial charge is 0.465 e. The van der Waals surface area contributed by atoms with Crippen LogP contribution in [-0.2, 0) is 17.7 Å². The number of halogens is 5. The van der Waals surface area contributed by atoms with Crippen LogP contribution in [0.3, 0.4) is 0 Å². The molecule has 0 bridgehead atoms. The van der Waals surface area contributed by atoms with Crippen LogP contribution in [-0.4, -0.2) is 28.8 Å².